The van der Waals surface area contributed by atoms with Crippen LogP contribution in [0.2, 0.25) is 0 Å². The highest BCUT2D eigenvalue weighted by atomic mass is 19.4. The van der Waals surface area contributed by atoms with E-state index in [1.165, 1.54) is 23.0 Å². The number of nitrogens with two attached hydrogens (primary N) is 1. The molecule has 0 aliphatic rings. The largest absolute Gasteiger partial charge is 0.451 e. The van der Waals surface area contributed by atoms with Gasteiger partial charge in [-0.2, -0.15) is 13.2 Å². The molecular formula is C10H11F3N6. The standard InChI is InChI=1S/C10H11F3N6/c1-2-7-15-3-4-19(7)8-5-6(18-14)16-9(17-8)10(11,12)13/h3-5H,2,14H2,1H3,(H,16,17,18). The van der Waals surface area contributed by atoms with Crippen LogP contribution in [0.25, 0.3) is 5.82 Å². The van der Waals surface area contributed by atoms with Crippen LogP contribution in [0, 0.1) is 0 Å². The number of aromatic nitrogens is 4. The van der Waals surface area contributed by atoms with Gasteiger partial charge in [0.2, 0.25) is 5.82 Å². The van der Waals surface area contributed by atoms with Crippen LogP contribution in [0.4, 0.5) is 19.0 Å². The summed E-state index contributed by atoms with van der Waals surface area (Å²) in [5.74, 6) is 4.40. The molecule has 0 bridgehead atoms. The number of hydrazine groups is 1. The summed E-state index contributed by atoms with van der Waals surface area (Å²) in [6, 6.07) is 1.32. The topological polar surface area (TPSA) is 81.7 Å². The van der Waals surface area contributed by atoms with E-state index in [9.17, 15) is 13.2 Å². The minimum Gasteiger partial charge on any atom is -0.308 e. The van der Waals surface area contributed by atoms with E-state index in [1.807, 2.05) is 6.92 Å². The van der Waals surface area contributed by atoms with E-state index in [0.717, 1.165) is 0 Å². The van der Waals surface area contributed by atoms with E-state index in [4.69, 9.17) is 5.84 Å². The predicted molar refractivity (Wildman–Crippen MR) is 61.3 cm³/mol. The second-order valence-electron chi connectivity index (χ2n) is 3.64. The molecule has 0 aliphatic heterocycles. The Balaban J connectivity index is 2.57. The number of aryl methyl sites for hydroxylation is 1. The molecule has 9 heteroatoms. The Morgan fingerprint density at radius 2 is 2.11 bits per heavy atom. The van der Waals surface area contributed by atoms with Crippen molar-refractivity contribution in [2.45, 2.75) is 19.5 Å². The molecule has 0 aromatic carbocycles. The second kappa shape index (κ2) is 4.84. The highest BCUT2D eigenvalue weighted by Gasteiger charge is 2.35. The van der Waals surface area contributed by atoms with Crippen LogP contribution in [-0.4, -0.2) is 19.5 Å². The molecule has 0 saturated heterocycles. The fraction of sp³-hybridized carbons (Fsp3) is 0.300. The van der Waals surface area contributed by atoms with E-state index in [-0.39, 0.29) is 11.6 Å². The quantitative estimate of drug-likeness (QED) is 0.654. The first-order valence-corrected chi connectivity index (χ1v) is 5.41. The highest BCUT2D eigenvalue weighted by molar-refractivity contribution is 5.41. The smallest absolute Gasteiger partial charge is 0.308 e. The van der Waals surface area contributed by atoms with Crippen LogP contribution in [0.3, 0.4) is 0 Å². The molecule has 3 N–H and O–H groups in total. The van der Waals surface area contributed by atoms with Crippen LogP contribution >= 0.6 is 0 Å². The summed E-state index contributed by atoms with van der Waals surface area (Å²) < 4.78 is 39.5. The number of alkyl halides is 3. The van der Waals surface area contributed by atoms with Crippen molar-refractivity contribution < 1.29 is 13.2 Å². The number of halogens is 3. The predicted octanol–water partition coefficient (Wildman–Crippen LogP) is 1.53. The fourth-order valence-corrected chi connectivity index (χ4v) is 1.56. The number of hydrogen-bond donors (Lipinski definition) is 2. The lowest BCUT2D eigenvalue weighted by Gasteiger charge is -2.11. The Morgan fingerprint density at radius 1 is 1.37 bits per heavy atom. The molecule has 2 heterocycles. The molecule has 2 aromatic heterocycles. The first kappa shape index (κ1) is 13.3. The van der Waals surface area contributed by atoms with Gasteiger partial charge in [-0.15, -0.1) is 0 Å². The average molecular weight is 272 g/mol. The first-order valence-electron chi connectivity index (χ1n) is 5.41. The lowest BCUT2D eigenvalue weighted by atomic mass is 10.4. The van der Waals surface area contributed by atoms with Gasteiger partial charge in [0.25, 0.3) is 0 Å². The van der Waals surface area contributed by atoms with E-state index >= 15 is 0 Å². The van der Waals surface area contributed by atoms with Crippen molar-refractivity contribution in [1.82, 2.24) is 19.5 Å². The van der Waals surface area contributed by atoms with Crippen LogP contribution in [0.15, 0.2) is 18.5 Å². The summed E-state index contributed by atoms with van der Waals surface area (Å²) in [5.41, 5.74) is 2.09. The van der Waals surface area contributed by atoms with Crippen molar-refractivity contribution in [2.75, 3.05) is 5.43 Å². The molecule has 2 rings (SSSR count). The van der Waals surface area contributed by atoms with E-state index < -0.39 is 12.0 Å². The summed E-state index contributed by atoms with van der Waals surface area (Å²) in [6.07, 6.45) is -1.07. The molecular weight excluding hydrogens is 261 g/mol. The van der Waals surface area contributed by atoms with Gasteiger partial charge in [-0.3, -0.25) is 4.57 Å². The Morgan fingerprint density at radius 3 is 2.68 bits per heavy atom. The molecule has 102 valence electrons. The molecule has 0 unspecified atom stereocenters. The summed E-state index contributed by atoms with van der Waals surface area (Å²) in [4.78, 5) is 10.8. The summed E-state index contributed by atoms with van der Waals surface area (Å²) in [7, 11) is 0. The van der Waals surface area contributed by atoms with Crippen molar-refractivity contribution in [3.8, 4) is 5.82 Å². The number of rotatable bonds is 3. The lowest BCUT2D eigenvalue weighted by molar-refractivity contribution is -0.144. The maximum Gasteiger partial charge on any atom is 0.451 e. The van der Waals surface area contributed by atoms with Gasteiger partial charge < -0.3 is 5.43 Å². The Kier molecular flexibility index (Phi) is 3.38. The third-order valence-corrected chi connectivity index (χ3v) is 2.39. The zero-order valence-corrected chi connectivity index (χ0v) is 9.94. The molecule has 0 aliphatic carbocycles. The van der Waals surface area contributed by atoms with Gasteiger partial charge in [0.1, 0.15) is 17.5 Å². The van der Waals surface area contributed by atoms with Gasteiger partial charge in [0.05, 0.1) is 0 Å². The highest BCUT2D eigenvalue weighted by Crippen LogP contribution is 2.28. The SMILES string of the molecule is CCc1nccn1-c1cc(NN)nc(C(F)(F)F)n1. The molecule has 0 fully saturated rings. The number of nitrogens with zero attached hydrogens (tertiary/aromatic N) is 4. The molecule has 19 heavy (non-hydrogen) atoms. The molecule has 0 spiro atoms. The Hall–Kier alpha value is -2.16. The first-order chi connectivity index (χ1) is 8.95. The van der Waals surface area contributed by atoms with Gasteiger partial charge in [-0.05, 0) is 0 Å². The second-order valence-corrected chi connectivity index (χ2v) is 3.64. The van der Waals surface area contributed by atoms with Crippen LogP contribution in [0.1, 0.15) is 18.6 Å². The van der Waals surface area contributed by atoms with Crippen molar-refractivity contribution in [2.24, 2.45) is 5.84 Å². The summed E-state index contributed by atoms with van der Waals surface area (Å²) in [6.45, 7) is 1.84. The number of imidazole rings is 1. The van der Waals surface area contributed by atoms with E-state index in [1.54, 1.807) is 0 Å². The molecule has 6 nitrogen and oxygen atoms in total. The maximum absolute atomic E-state index is 12.7. The fourth-order valence-electron chi connectivity index (χ4n) is 1.56. The molecule has 2 aromatic rings. The van der Waals surface area contributed by atoms with Gasteiger partial charge in [0.15, 0.2) is 0 Å². The van der Waals surface area contributed by atoms with Crippen molar-refractivity contribution in [3.05, 3.63) is 30.1 Å². The Labute approximate surface area is 106 Å². The van der Waals surface area contributed by atoms with Gasteiger partial charge in [0, 0.05) is 24.9 Å². The molecule has 0 amide bonds. The van der Waals surface area contributed by atoms with Crippen LogP contribution in [0.5, 0.6) is 0 Å². The third-order valence-electron chi connectivity index (χ3n) is 2.39. The number of nitrogen functional groups attached to an aromatic ring is 1. The zero-order chi connectivity index (χ0) is 14.0. The minimum atomic E-state index is -4.64. The Bertz CT molecular complexity index is 577. The monoisotopic (exact) mass is 272 g/mol. The maximum atomic E-state index is 12.7. The lowest BCUT2D eigenvalue weighted by Crippen LogP contribution is -2.17. The normalized spacial score (nSPS) is 11.6. The van der Waals surface area contributed by atoms with Gasteiger partial charge in [-0.25, -0.2) is 20.8 Å². The summed E-state index contributed by atoms with van der Waals surface area (Å²) >= 11 is 0. The van der Waals surface area contributed by atoms with Crippen molar-refractivity contribution >= 4 is 5.82 Å². The zero-order valence-electron chi connectivity index (χ0n) is 9.94. The average Bonchev–Trinajstić information content (AvgIpc) is 2.85. The van der Waals surface area contributed by atoms with E-state index in [0.29, 0.717) is 12.2 Å². The minimum absolute atomic E-state index is 0.0598. The molecule has 0 atom stereocenters. The van der Waals surface area contributed by atoms with Gasteiger partial charge >= 0.3 is 6.18 Å². The number of nitrogens with one attached hydrogen (secondary N) is 1. The number of hydrogen-bond acceptors (Lipinski definition) is 5. The number of anilines is 1. The van der Waals surface area contributed by atoms with Crippen LogP contribution < -0.4 is 11.3 Å². The van der Waals surface area contributed by atoms with Crippen molar-refractivity contribution in [3.63, 3.8) is 0 Å². The van der Waals surface area contributed by atoms with Crippen molar-refractivity contribution in [1.29, 1.82) is 0 Å². The molecule has 0 saturated carbocycles. The third kappa shape index (κ3) is 2.65. The van der Waals surface area contributed by atoms with E-state index in [2.05, 4.69) is 20.4 Å². The van der Waals surface area contributed by atoms with Gasteiger partial charge in [-0.1, -0.05) is 6.92 Å². The molecule has 0 radical (unpaired) electrons. The van der Waals surface area contributed by atoms with Crippen LogP contribution in [-0.2, 0) is 12.6 Å². The summed E-state index contributed by atoms with van der Waals surface area (Å²) in [5, 5.41) is 0.